The number of morpholine rings is 1. The largest absolute Gasteiger partial charge is 0.481 e. The fourth-order valence-electron chi connectivity index (χ4n) is 2.09. The summed E-state index contributed by atoms with van der Waals surface area (Å²) in [5, 5.41) is 11.6. The smallest absolute Gasteiger partial charge is 0.336 e. The summed E-state index contributed by atoms with van der Waals surface area (Å²) in [5.74, 6) is -2.05. The van der Waals surface area contributed by atoms with E-state index in [-0.39, 0.29) is 19.7 Å². The van der Waals surface area contributed by atoms with Gasteiger partial charge in [-0.05, 0) is 6.42 Å². The predicted molar refractivity (Wildman–Crippen MR) is 72.8 cm³/mol. The van der Waals surface area contributed by atoms with Gasteiger partial charge in [-0.15, -0.1) is 0 Å². The molecule has 0 saturated carbocycles. The number of methoxy groups -OCH3 is 1. The molecule has 2 unspecified atom stereocenters. The van der Waals surface area contributed by atoms with Crippen LogP contribution >= 0.6 is 0 Å². The van der Waals surface area contributed by atoms with Crippen LogP contribution in [0.4, 0.5) is 4.79 Å². The number of carboxylic acids is 1. The van der Waals surface area contributed by atoms with E-state index in [0.29, 0.717) is 13.0 Å². The Morgan fingerprint density at radius 3 is 2.76 bits per heavy atom. The van der Waals surface area contributed by atoms with E-state index in [1.165, 1.54) is 12.0 Å². The van der Waals surface area contributed by atoms with E-state index in [4.69, 9.17) is 9.84 Å². The van der Waals surface area contributed by atoms with Crippen molar-refractivity contribution in [2.75, 3.05) is 33.4 Å². The standard InChI is InChI=1S/C13H22N2O6/c1-3-4-9(11(16)17)7-14-13(19)15-5-6-21-10(8-15)12(18)20-2/h9-10H,3-8H2,1-2H3,(H,14,19)(H,16,17). The lowest BCUT2D eigenvalue weighted by Crippen LogP contribution is -2.52. The van der Waals surface area contributed by atoms with Gasteiger partial charge in [0.2, 0.25) is 0 Å². The minimum absolute atomic E-state index is 0.0717. The van der Waals surface area contributed by atoms with Gasteiger partial charge in [-0.2, -0.15) is 0 Å². The molecule has 8 heteroatoms. The Bertz CT molecular complexity index is 387. The van der Waals surface area contributed by atoms with Gasteiger partial charge < -0.3 is 24.8 Å². The Morgan fingerprint density at radius 1 is 1.48 bits per heavy atom. The number of nitrogens with zero attached hydrogens (tertiary/aromatic N) is 1. The maximum absolute atomic E-state index is 12.0. The monoisotopic (exact) mass is 302 g/mol. The topological polar surface area (TPSA) is 105 Å². The number of hydrogen-bond acceptors (Lipinski definition) is 5. The Hall–Kier alpha value is -1.83. The summed E-state index contributed by atoms with van der Waals surface area (Å²) in [4.78, 5) is 35.8. The molecule has 1 rings (SSSR count). The number of esters is 1. The first-order chi connectivity index (χ1) is 9.99. The van der Waals surface area contributed by atoms with Crippen LogP contribution in [0.3, 0.4) is 0 Å². The summed E-state index contributed by atoms with van der Waals surface area (Å²) in [6, 6.07) is -0.394. The lowest BCUT2D eigenvalue weighted by molar-refractivity contribution is -0.158. The van der Waals surface area contributed by atoms with Crippen LogP contribution in [0.2, 0.25) is 0 Å². The van der Waals surface area contributed by atoms with E-state index >= 15 is 0 Å². The zero-order valence-corrected chi connectivity index (χ0v) is 12.3. The van der Waals surface area contributed by atoms with Crippen LogP contribution in [0.25, 0.3) is 0 Å². The Labute approximate surface area is 123 Å². The molecule has 120 valence electrons. The van der Waals surface area contributed by atoms with Gasteiger partial charge in [0.25, 0.3) is 0 Å². The molecule has 2 atom stereocenters. The molecule has 21 heavy (non-hydrogen) atoms. The van der Waals surface area contributed by atoms with Crippen molar-refractivity contribution in [2.24, 2.45) is 5.92 Å². The van der Waals surface area contributed by atoms with Crippen LogP contribution in [0.5, 0.6) is 0 Å². The maximum Gasteiger partial charge on any atom is 0.336 e. The van der Waals surface area contributed by atoms with Crippen molar-refractivity contribution in [3.05, 3.63) is 0 Å². The number of aliphatic carboxylic acids is 1. The van der Waals surface area contributed by atoms with Crippen molar-refractivity contribution in [1.82, 2.24) is 10.2 Å². The van der Waals surface area contributed by atoms with Gasteiger partial charge in [0.05, 0.1) is 26.2 Å². The summed E-state index contributed by atoms with van der Waals surface area (Å²) in [6.07, 6.45) is 0.443. The van der Waals surface area contributed by atoms with Crippen LogP contribution in [0.15, 0.2) is 0 Å². The molecule has 0 spiro atoms. The van der Waals surface area contributed by atoms with E-state index in [9.17, 15) is 14.4 Å². The molecule has 0 radical (unpaired) electrons. The van der Waals surface area contributed by atoms with Gasteiger partial charge in [-0.25, -0.2) is 9.59 Å². The number of carboxylic acid groups (broad SMARTS) is 1. The third kappa shape index (κ3) is 5.22. The molecule has 0 aromatic carbocycles. The Balaban J connectivity index is 2.47. The first-order valence-corrected chi connectivity index (χ1v) is 6.94. The quantitative estimate of drug-likeness (QED) is 0.673. The normalized spacial score (nSPS) is 19.7. The Kier molecular flexibility index (Phi) is 6.93. The van der Waals surface area contributed by atoms with Crippen molar-refractivity contribution in [1.29, 1.82) is 0 Å². The highest BCUT2D eigenvalue weighted by atomic mass is 16.6. The SMILES string of the molecule is CCCC(CNC(=O)N1CCOC(C(=O)OC)C1)C(=O)O. The molecule has 1 saturated heterocycles. The molecule has 1 aliphatic rings. The molecule has 0 aromatic rings. The number of ether oxygens (including phenoxy) is 2. The maximum atomic E-state index is 12.0. The van der Waals surface area contributed by atoms with Crippen LogP contribution in [0.1, 0.15) is 19.8 Å². The molecule has 0 bridgehead atoms. The summed E-state index contributed by atoms with van der Waals surface area (Å²) >= 11 is 0. The lowest BCUT2D eigenvalue weighted by Gasteiger charge is -2.31. The van der Waals surface area contributed by atoms with Gasteiger partial charge in [0, 0.05) is 13.1 Å². The van der Waals surface area contributed by atoms with Crippen molar-refractivity contribution in [3.63, 3.8) is 0 Å². The molecular weight excluding hydrogens is 280 g/mol. The highest BCUT2D eigenvalue weighted by Gasteiger charge is 2.30. The number of hydrogen-bond donors (Lipinski definition) is 2. The van der Waals surface area contributed by atoms with Crippen LogP contribution < -0.4 is 5.32 Å². The molecule has 1 fully saturated rings. The molecule has 8 nitrogen and oxygen atoms in total. The second kappa shape index (κ2) is 8.46. The average molecular weight is 302 g/mol. The molecule has 2 amide bonds. The minimum Gasteiger partial charge on any atom is -0.481 e. The number of rotatable bonds is 6. The fraction of sp³-hybridized carbons (Fsp3) is 0.769. The number of carbonyl (C=O) groups excluding carboxylic acids is 2. The van der Waals surface area contributed by atoms with Crippen molar-refractivity contribution >= 4 is 18.0 Å². The van der Waals surface area contributed by atoms with E-state index in [1.807, 2.05) is 6.92 Å². The first kappa shape index (κ1) is 17.2. The number of carbonyl (C=O) groups is 3. The van der Waals surface area contributed by atoms with Gasteiger partial charge in [-0.3, -0.25) is 4.79 Å². The van der Waals surface area contributed by atoms with E-state index < -0.39 is 30.0 Å². The van der Waals surface area contributed by atoms with Crippen LogP contribution in [0, 0.1) is 5.92 Å². The van der Waals surface area contributed by atoms with Gasteiger partial charge in [0.1, 0.15) is 0 Å². The summed E-state index contributed by atoms with van der Waals surface area (Å²) in [5.41, 5.74) is 0. The van der Waals surface area contributed by atoms with E-state index in [2.05, 4.69) is 10.1 Å². The minimum atomic E-state index is -0.924. The van der Waals surface area contributed by atoms with Gasteiger partial charge >= 0.3 is 18.0 Å². The van der Waals surface area contributed by atoms with E-state index in [0.717, 1.165) is 6.42 Å². The van der Waals surface area contributed by atoms with Crippen LogP contribution in [-0.2, 0) is 19.1 Å². The van der Waals surface area contributed by atoms with Gasteiger partial charge in [-0.1, -0.05) is 13.3 Å². The highest BCUT2D eigenvalue weighted by molar-refractivity contribution is 5.79. The number of nitrogens with one attached hydrogen (secondary N) is 1. The fourth-order valence-corrected chi connectivity index (χ4v) is 2.09. The average Bonchev–Trinajstić information content (AvgIpc) is 2.50. The summed E-state index contributed by atoms with van der Waals surface area (Å²) in [7, 11) is 1.26. The number of urea groups is 1. The molecule has 0 aliphatic carbocycles. The van der Waals surface area contributed by atoms with E-state index in [1.54, 1.807) is 0 Å². The van der Waals surface area contributed by atoms with Crippen LogP contribution in [-0.4, -0.2) is 67.4 Å². The highest BCUT2D eigenvalue weighted by Crippen LogP contribution is 2.08. The third-order valence-corrected chi connectivity index (χ3v) is 3.30. The number of amides is 2. The summed E-state index contributed by atoms with van der Waals surface area (Å²) < 4.78 is 9.80. The molecule has 0 aromatic heterocycles. The van der Waals surface area contributed by atoms with Crippen molar-refractivity contribution < 1.29 is 29.0 Å². The third-order valence-electron chi connectivity index (χ3n) is 3.30. The molecular formula is C13H22N2O6. The second-order valence-electron chi connectivity index (χ2n) is 4.84. The first-order valence-electron chi connectivity index (χ1n) is 6.94. The molecule has 1 aliphatic heterocycles. The molecule has 2 N–H and O–H groups in total. The second-order valence-corrected chi connectivity index (χ2v) is 4.84. The lowest BCUT2D eigenvalue weighted by atomic mass is 10.0. The predicted octanol–water partition coefficient (Wildman–Crippen LogP) is 0.0707. The van der Waals surface area contributed by atoms with Gasteiger partial charge in [0.15, 0.2) is 6.10 Å². The Morgan fingerprint density at radius 2 is 2.19 bits per heavy atom. The van der Waals surface area contributed by atoms with Crippen molar-refractivity contribution in [3.8, 4) is 0 Å². The zero-order valence-electron chi connectivity index (χ0n) is 12.3. The summed E-state index contributed by atoms with van der Waals surface area (Å²) in [6.45, 7) is 2.66. The zero-order chi connectivity index (χ0) is 15.8. The molecule has 1 heterocycles. The van der Waals surface area contributed by atoms with Crippen molar-refractivity contribution in [2.45, 2.75) is 25.9 Å².